The second kappa shape index (κ2) is 15.1. The monoisotopic (exact) mass is 621 g/mol. The van der Waals surface area contributed by atoms with E-state index in [9.17, 15) is 26.8 Å². The molecule has 0 spiro atoms. The Morgan fingerprint density at radius 1 is 0.841 bits per heavy atom. The van der Waals surface area contributed by atoms with E-state index >= 15 is 0 Å². The molecule has 1 atom stereocenters. The summed E-state index contributed by atoms with van der Waals surface area (Å²) in [5.74, 6) is -1.56. The minimum absolute atomic E-state index is 0.00939. The summed E-state index contributed by atoms with van der Waals surface area (Å²) in [6, 6.07) is 23.9. The van der Waals surface area contributed by atoms with Gasteiger partial charge in [0.25, 0.3) is 15.9 Å². The highest BCUT2D eigenvalue weighted by Crippen LogP contribution is 2.25. The first-order valence-electron chi connectivity index (χ1n) is 14.0. The summed E-state index contributed by atoms with van der Waals surface area (Å²) >= 11 is 0. The van der Waals surface area contributed by atoms with Crippen molar-refractivity contribution in [3.63, 3.8) is 0 Å². The number of hydrogen-bond acceptors (Lipinski definition) is 5. The molecule has 0 heterocycles. The van der Waals surface area contributed by atoms with Gasteiger partial charge in [-0.3, -0.25) is 14.3 Å². The lowest BCUT2D eigenvalue weighted by atomic mass is 10.0. The third-order valence-corrected chi connectivity index (χ3v) is 8.08. The van der Waals surface area contributed by atoms with Gasteiger partial charge in [-0.1, -0.05) is 55.8 Å². The molecule has 2 N–H and O–H groups in total. The molecule has 0 radical (unpaired) electrons. The average Bonchev–Trinajstić information content (AvgIpc) is 3.02. The third-order valence-electron chi connectivity index (χ3n) is 6.68. The van der Waals surface area contributed by atoms with Gasteiger partial charge < -0.3 is 15.0 Å². The van der Waals surface area contributed by atoms with Gasteiger partial charge in [-0.25, -0.2) is 17.2 Å². The zero-order valence-corrected chi connectivity index (χ0v) is 24.9. The van der Waals surface area contributed by atoms with Crippen molar-refractivity contribution >= 4 is 27.5 Å². The Bertz CT molecular complexity index is 1630. The standard InChI is InChI=1S/C33H33F2N3O5S/c1-2-3-21-36-33(40)32(25-7-5-4-6-8-25)38(22-24-9-11-26(34)12-10-24)31(39)23-43-29-17-19-30(20-18-29)44(41,42)37-28-15-13-27(35)14-16-28/h4-20,32,37H,2-3,21-23H2,1H3,(H,36,40). The Kier molecular flexibility index (Phi) is 11.0. The summed E-state index contributed by atoms with van der Waals surface area (Å²) in [6.45, 7) is 2.01. The molecule has 44 heavy (non-hydrogen) atoms. The van der Waals surface area contributed by atoms with E-state index in [4.69, 9.17) is 4.74 Å². The Hall–Kier alpha value is -4.77. The van der Waals surface area contributed by atoms with Crippen LogP contribution in [0.3, 0.4) is 0 Å². The Morgan fingerprint density at radius 3 is 2.07 bits per heavy atom. The van der Waals surface area contributed by atoms with Crippen LogP contribution >= 0.6 is 0 Å². The number of unbranched alkanes of at least 4 members (excludes halogenated alkanes) is 1. The highest BCUT2D eigenvalue weighted by molar-refractivity contribution is 7.92. The molecule has 230 valence electrons. The zero-order chi connectivity index (χ0) is 31.5. The van der Waals surface area contributed by atoms with E-state index in [0.717, 1.165) is 25.0 Å². The lowest BCUT2D eigenvalue weighted by Crippen LogP contribution is -2.45. The summed E-state index contributed by atoms with van der Waals surface area (Å²) in [5.41, 5.74) is 1.41. The number of sulfonamides is 1. The number of nitrogens with zero attached hydrogens (tertiary/aromatic N) is 1. The van der Waals surface area contributed by atoms with Crippen LogP contribution < -0.4 is 14.8 Å². The highest BCUT2D eigenvalue weighted by atomic mass is 32.2. The Labute approximate surface area is 255 Å². The van der Waals surface area contributed by atoms with Crippen LogP contribution in [0.4, 0.5) is 14.5 Å². The van der Waals surface area contributed by atoms with Crippen LogP contribution in [-0.4, -0.2) is 38.3 Å². The Morgan fingerprint density at radius 2 is 1.45 bits per heavy atom. The highest BCUT2D eigenvalue weighted by Gasteiger charge is 2.31. The van der Waals surface area contributed by atoms with Crippen LogP contribution in [0.15, 0.2) is 108 Å². The molecule has 0 aliphatic rings. The maximum Gasteiger partial charge on any atom is 0.261 e. The van der Waals surface area contributed by atoms with E-state index in [1.54, 1.807) is 36.4 Å². The quantitative estimate of drug-likeness (QED) is 0.173. The summed E-state index contributed by atoms with van der Waals surface area (Å²) in [7, 11) is -3.96. The predicted octanol–water partition coefficient (Wildman–Crippen LogP) is 5.83. The molecule has 8 nitrogen and oxygen atoms in total. The van der Waals surface area contributed by atoms with Gasteiger partial charge in [0.05, 0.1) is 4.90 Å². The molecule has 0 saturated carbocycles. The van der Waals surface area contributed by atoms with Gasteiger partial charge in [0.2, 0.25) is 5.91 Å². The average molecular weight is 622 g/mol. The fraction of sp³-hybridized carbons (Fsp3) is 0.212. The van der Waals surface area contributed by atoms with E-state index in [-0.39, 0.29) is 28.8 Å². The van der Waals surface area contributed by atoms with Gasteiger partial charge in [-0.15, -0.1) is 0 Å². The van der Waals surface area contributed by atoms with Crippen molar-refractivity contribution in [3.8, 4) is 5.75 Å². The van der Waals surface area contributed by atoms with Crippen molar-refractivity contribution < 1.29 is 31.5 Å². The molecule has 0 aliphatic carbocycles. The molecule has 11 heteroatoms. The third kappa shape index (κ3) is 8.87. The van der Waals surface area contributed by atoms with Crippen molar-refractivity contribution in [1.82, 2.24) is 10.2 Å². The fourth-order valence-corrected chi connectivity index (χ4v) is 5.44. The number of carbonyl (C=O) groups is 2. The lowest BCUT2D eigenvalue weighted by Gasteiger charge is -2.31. The predicted molar refractivity (Wildman–Crippen MR) is 163 cm³/mol. The number of hydrogen-bond donors (Lipinski definition) is 2. The molecule has 1 unspecified atom stereocenters. The molecule has 2 amide bonds. The number of anilines is 1. The number of amides is 2. The molecular weight excluding hydrogens is 588 g/mol. The number of halogens is 2. The van der Waals surface area contributed by atoms with Crippen LogP contribution in [0, 0.1) is 11.6 Å². The largest absolute Gasteiger partial charge is 0.484 e. The van der Waals surface area contributed by atoms with Gasteiger partial charge in [-0.05, 0) is 78.2 Å². The summed E-state index contributed by atoms with van der Waals surface area (Å²) < 4.78 is 60.4. The van der Waals surface area contributed by atoms with E-state index in [1.807, 2.05) is 13.0 Å². The van der Waals surface area contributed by atoms with Gasteiger partial charge in [0.1, 0.15) is 23.4 Å². The maximum atomic E-state index is 13.7. The molecule has 4 aromatic rings. The smallest absolute Gasteiger partial charge is 0.261 e. The number of benzene rings is 4. The molecule has 0 bridgehead atoms. The van der Waals surface area contributed by atoms with Crippen LogP contribution in [0.5, 0.6) is 5.75 Å². The van der Waals surface area contributed by atoms with Crippen LogP contribution in [0.25, 0.3) is 0 Å². The minimum atomic E-state index is -3.96. The van der Waals surface area contributed by atoms with Crippen molar-refractivity contribution in [2.75, 3.05) is 17.9 Å². The van der Waals surface area contributed by atoms with Gasteiger partial charge >= 0.3 is 0 Å². The minimum Gasteiger partial charge on any atom is -0.484 e. The second-order valence-electron chi connectivity index (χ2n) is 9.98. The first-order valence-corrected chi connectivity index (χ1v) is 15.5. The lowest BCUT2D eigenvalue weighted by molar-refractivity contribution is -0.143. The van der Waals surface area contributed by atoms with Crippen molar-refractivity contribution in [3.05, 3.63) is 126 Å². The zero-order valence-electron chi connectivity index (χ0n) is 24.1. The maximum absolute atomic E-state index is 13.7. The first-order chi connectivity index (χ1) is 21.2. The number of rotatable bonds is 14. The summed E-state index contributed by atoms with van der Waals surface area (Å²) in [6.07, 6.45) is 1.65. The molecule has 0 saturated heterocycles. The van der Waals surface area contributed by atoms with E-state index in [0.29, 0.717) is 17.7 Å². The molecule has 4 rings (SSSR count). The van der Waals surface area contributed by atoms with E-state index < -0.39 is 40.2 Å². The van der Waals surface area contributed by atoms with Gasteiger partial charge in [0, 0.05) is 18.8 Å². The fourth-order valence-electron chi connectivity index (χ4n) is 4.38. The van der Waals surface area contributed by atoms with Crippen LogP contribution in [0.2, 0.25) is 0 Å². The van der Waals surface area contributed by atoms with Crippen molar-refractivity contribution in [2.45, 2.75) is 37.2 Å². The molecule has 4 aromatic carbocycles. The number of carbonyl (C=O) groups excluding carboxylic acids is 2. The van der Waals surface area contributed by atoms with E-state index in [2.05, 4.69) is 10.0 Å². The second-order valence-corrected chi connectivity index (χ2v) is 11.7. The van der Waals surface area contributed by atoms with Gasteiger partial charge in [-0.2, -0.15) is 0 Å². The van der Waals surface area contributed by atoms with Crippen LogP contribution in [0.1, 0.15) is 36.9 Å². The topological polar surface area (TPSA) is 105 Å². The SMILES string of the molecule is CCCCNC(=O)C(c1ccccc1)N(Cc1ccc(F)cc1)C(=O)COc1ccc(S(=O)(=O)Nc2ccc(F)cc2)cc1. The van der Waals surface area contributed by atoms with E-state index in [1.165, 1.54) is 53.4 Å². The Balaban J connectivity index is 1.53. The van der Waals surface area contributed by atoms with Gasteiger partial charge in [0.15, 0.2) is 6.61 Å². The molecule has 0 fully saturated rings. The molecular formula is C33H33F2N3O5S. The first kappa shape index (κ1) is 32.2. The molecule has 0 aromatic heterocycles. The summed E-state index contributed by atoms with van der Waals surface area (Å²) in [5, 5.41) is 2.91. The number of ether oxygens (including phenoxy) is 1. The molecule has 0 aliphatic heterocycles. The summed E-state index contributed by atoms with van der Waals surface area (Å²) in [4.78, 5) is 28.5. The van der Waals surface area contributed by atoms with Crippen molar-refractivity contribution in [1.29, 1.82) is 0 Å². The normalized spacial score (nSPS) is 11.8. The van der Waals surface area contributed by atoms with Crippen LogP contribution in [-0.2, 0) is 26.2 Å². The number of nitrogens with one attached hydrogen (secondary N) is 2. The van der Waals surface area contributed by atoms with Crippen molar-refractivity contribution in [2.24, 2.45) is 0 Å².